The summed E-state index contributed by atoms with van der Waals surface area (Å²) >= 11 is 0. The first-order chi connectivity index (χ1) is 13.2. The number of hydrogen-bond donors (Lipinski definition) is 2. The first-order valence-electron chi connectivity index (χ1n) is 8.64. The van der Waals surface area contributed by atoms with Crippen molar-refractivity contribution in [1.29, 1.82) is 0 Å². The van der Waals surface area contributed by atoms with Gasteiger partial charge in [-0.1, -0.05) is 24.3 Å². The number of rotatable bonds is 5. The van der Waals surface area contributed by atoms with Crippen LogP contribution >= 0.6 is 0 Å². The Balaban J connectivity index is 1.38. The highest BCUT2D eigenvalue weighted by Crippen LogP contribution is 2.34. The third-order valence-electron chi connectivity index (χ3n) is 4.38. The average Bonchev–Trinajstić information content (AvgIpc) is 3.15. The van der Waals surface area contributed by atoms with Gasteiger partial charge in [0.1, 0.15) is 5.82 Å². The lowest BCUT2D eigenvalue weighted by Gasteiger charge is -2.09. The molecule has 1 aromatic heterocycles. The quantitative estimate of drug-likeness (QED) is 0.719. The highest BCUT2D eigenvalue weighted by atomic mass is 16.7. The molecule has 0 bridgehead atoms. The van der Waals surface area contributed by atoms with E-state index < -0.39 is 0 Å². The molecule has 6 heteroatoms. The summed E-state index contributed by atoms with van der Waals surface area (Å²) in [4.78, 5) is 16.7. The second-order valence-corrected chi connectivity index (χ2v) is 6.23. The van der Waals surface area contributed by atoms with Gasteiger partial charge in [0.2, 0.25) is 6.79 Å². The Morgan fingerprint density at radius 1 is 1.07 bits per heavy atom. The molecule has 6 nitrogen and oxygen atoms in total. The molecule has 0 unspecified atom stereocenters. The van der Waals surface area contributed by atoms with Crippen molar-refractivity contribution >= 4 is 17.4 Å². The molecule has 0 saturated heterocycles. The molecule has 27 heavy (non-hydrogen) atoms. The molecule has 0 spiro atoms. The number of fused-ring (bicyclic) bond motifs is 1. The minimum atomic E-state index is -0.230. The lowest BCUT2D eigenvalue weighted by Crippen LogP contribution is -2.12. The van der Waals surface area contributed by atoms with E-state index in [0.29, 0.717) is 29.3 Å². The zero-order valence-electron chi connectivity index (χ0n) is 14.9. The molecule has 3 aromatic rings. The van der Waals surface area contributed by atoms with Crippen LogP contribution in [0.3, 0.4) is 0 Å². The topological polar surface area (TPSA) is 72.5 Å². The number of aryl methyl sites for hydroxylation is 1. The molecular weight excluding hydrogens is 342 g/mol. The Morgan fingerprint density at radius 2 is 1.93 bits per heavy atom. The van der Waals surface area contributed by atoms with Gasteiger partial charge in [0.15, 0.2) is 11.5 Å². The summed E-state index contributed by atoms with van der Waals surface area (Å²) in [6, 6.07) is 17.0. The number of aromatic nitrogens is 1. The minimum Gasteiger partial charge on any atom is -0.454 e. The van der Waals surface area contributed by atoms with Gasteiger partial charge in [0.05, 0.1) is 5.56 Å². The van der Waals surface area contributed by atoms with Crippen molar-refractivity contribution in [3.63, 3.8) is 0 Å². The van der Waals surface area contributed by atoms with Crippen LogP contribution in [-0.2, 0) is 6.54 Å². The molecule has 1 aliphatic rings. The SMILES string of the molecule is Cc1ccccc1CNc1ccc(C(=O)Nc2ccc3c(c2)OCO3)cn1. The van der Waals surface area contributed by atoms with Gasteiger partial charge in [0.25, 0.3) is 5.91 Å². The Bertz CT molecular complexity index is 971. The number of carbonyl (C=O) groups is 1. The molecule has 2 N–H and O–H groups in total. The first-order valence-corrected chi connectivity index (χ1v) is 8.64. The summed E-state index contributed by atoms with van der Waals surface area (Å²) in [6.45, 7) is 2.96. The third kappa shape index (κ3) is 3.84. The fourth-order valence-corrected chi connectivity index (χ4v) is 2.80. The van der Waals surface area contributed by atoms with Crippen molar-refractivity contribution in [2.24, 2.45) is 0 Å². The summed E-state index contributed by atoms with van der Waals surface area (Å²) < 4.78 is 10.6. The molecule has 0 fully saturated rings. The smallest absolute Gasteiger partial charge is 0.257 e. The second kappa shape index (κ2) is 7.37. The number of ether oxygens (including phenoxy) is 2. The van der Waals surface area contributed by atoms with E-state index in [1.165, 1.54) is 11.1 Å². The van der Waals surface area contributed by atoms with Crippen LogP contribution in [0.4, 0.5) is 11.5 Å². The molecule has 4 rings (SSSR count). The second-order valence-electron chi connectivity index (χ2n) is 6.23. The number of nitrogens with zero attached hydrogens (tertiary/aromatic N) is 1. The van der Waals surface area contributed by atoms with Crippen LogP contribution in [0.15, 0.2) is 60.8 Å². The largest absolute Gasteiger partial charge is 0.454 e. The molecular formula is C21H19N3O3. The number of carbonyl (C=O) groups excluding carboxylic acids is 1. The van der Waals surface area contributed by atoms with E-state index >= 15 is 0 Å². The van der Waals surface area contributed by atoms with Gasteiger partial charge in [-0.3, -0.25) is 4.79 Å². The molecule has 1 aliphatic heterocycles. The van der Waals surface area contributed by atoms with E-state index in [1.54, 1.807) is 36.5 Å². The normalized spacial score (nSPS) is 11.9. The Labute approximate surface area is 157 Å². The number of anilines is 2. The molecule has 0 saturated carbocycles. The van der Waals surface area contributed by atoms with E-state index in [0.717, 1.165) is 5.82 Å². The van der Waals surface area contributed by atoms with Crippen molar-refractivity contribution < 1.29 is 14.3 Å². The molecule has 2 aromatic carbocycles. The van der Waals surface area contributed by atoms with E-state index in [-0.39, 0.29) is 12.7 Å². The summed E-state index contributed by atoms with van der Waals surface area (Å²) in [7, 11) is 0. The highest BCUT2D eigenvalue weighted by Gasteiger charge is 2.14. The Morgan fingerprint density at radius 3 is 2.74 bits per heavy atom. The van der Waals surface area contributed by atoms with E-state index in [4.69, 9.17) is 9.47 Å². The third-order valence-corrected chi connectivity index (χ3v) is 4.38. The summed E-state index contributed by atoms with van der Waals surface area (Å²) in [5.41, 5.74) is 3.56. The Kier molecular flexibility index (Phi) is 4.61. The van der Waals surface area contributed by atoms with Crippen molar-refractivity contribution in [3.05, 3.63) is 77.5 Å². The predicted molar refractivity (Wildman–Crippen MR) is 103 cm³/mol. The van der Waals surface area contributed by atoms with Crippen LogP contribution in [-0.4, -0.2) is 17.7 Å². The summed E-state index contributed by atoms with van der Waals surface area (Å²) in [5.74, 6) is 1.80. The van der Waals surface area contributed by atoms with Crippen LogP contribution in [0.1, 0.15) is 21.5 Å². The van der Waals surface area contributed by atoms with Gasteiger partial charge in [-0.2, -0.15) is 0 Å². The summed E-state index contributed by atoms with van der Waals surface area (Å²) in [6.07, 6.45) is 1.56. The average molecular weight is 361 g/mol. The van der Waals surface area contributed by atoms with Crippen LogP contribution in [0, 0.1) is 6.92 Å². The minimum absolute atomic E-state index is 0.202. The number of nitrogens with one attached hydrogen (secondary N) is 2. The van der Waals surface area contributed by atoms with Crippen LogP contribution in [0.2, 0.25) is 0 Å². The predicted octanol–water partition coefficient (Wildman–Crippen LogP) is 3.98. The van der Waals surface area contributed by atoms with Crippen molar-refractivity contribution in [3.8, 4) is 11.5 Å². The molecule has 0 radical (unpaired) electrons. The number of amides is 1. The number of hydrogen-bond acceptors (Lipinski definition) is 5. The van der Waals surface area contributed by atoms with Crippen LogP contribution in [0.25, 0.3) is 0 Å². The molecule has 0 aliphatic carbocycles. The van der Waals surface area contributed by atoms with E-state index in [1.807, 2.05) is 12.1 Å². The van der Waals surface area contributed by atoms with Crippen LogP contribution in [0.5, 0.6) is 11.5 Å². The van der Waals surface area contributed by atoms with Gasteiger partial charge < -0.3 is 20.1 Å². The van der Waals surface area contributed by atoms with Gasteiger partial charge in [-0.05, 0) is 42.3 Å². The van der Waals surface area contributed by atoms with Crippen molar-refractivity contribution in [2.45, 2.75) is 13.5 Å². The van der Waals surface area contributed by atoms with Crippen molar-refractivity contribution in [2.75, 3.05) is 17.4 Å². The maximum atomic E-state index is 12.4. The molecule has 136 valence electrons. The first kappa shape index (κ1) is 16.9. The summed E-state index contributed by atoms with van der Waals surface area (Å²) in [5, 5.41) is 6.11. The van der Waals surface area contributed by atoms with E-state index in [9.17, 15) is 4.79 Å². The monoisotopic (exact) mass is 361 g/mol. The number of benzene rings is 2. The number of pyridine rings is 1. The molecule has 0 atom stereocenters. The fraction of sp³-hybridized carbons (Fsp3) is 0.143. The highest BCUT2D eigenvalue weighted by molar-refractivity contribution is 6.04. The van der Waals surface area contributed by atoms with E-state index in [2.05, 4.69) is 34.7 Å². The van der Waals surface area contributed by atoms with Gasteiger partial charge in [-0.15, -0.1) is 0 Å². The molecule has 2 heterocycles. The Hall–Kier alpha value is -3.54. The van der Waals surface area contributed by atoms with Gasteiger partial charge in [-0.25, -0.2) is 4.98 Å². The lowest BCUT2D eigenvalue weighted by molar-refractivity contribution is 0.102. The standard InChI is InChI=1S/C21H19N3O3/c1-14-4-2-3-5-15(14)11-22-20-9-6-16(12-23-20)21(25)24-17-7-8-18-19(10-17)27-13-26-18/h2-10,12H,11,13H2,1H3,(H,22,23)(H,24,25). The van der Waals surface area contributed by atoms with Gasteiger partial charge >= 0.3 is 0 Å². The van der Waals surface area contributed by atoms with Crippen molar-refractivity contribution in [1.82, 2.24) is 4.98 Å². The van der Waals surface area contributed by atoms with Crippen LogP contribution < -0.4 is 20.1 Å². The fourth-order valence-electron chi connectivity index (χ4n) is 2.80. The maximum absolute atomic E-state index is 12.4. The zero-order valence-corrected chi connectivity index (χ0v) is 14.9. The lowest BCUT2D eigenvalue weighted by atomic mass is 10.1. The zero-order chi connectivity index (χ0) is 18.6. The van der Waals surface area contributed by atoms with Gasteiger partial charge in [0, 0.05) is 24.5 Å². The maximum Gasteiger partial charge on any atom is 0.257 e. The molecule has 1 amide bonds.